The van der Waals surface area contributed by atoms with E-state index >= 15 is 0 Å². The number of likely N-dealkylation sites (tertiary alicyclic amines) is 1. The van der Waals surface area contributed by atoms with Gasteiger partial charge in [-0.15, -0.1) is 0 Å². The summed E-state index contributed by atoms with van der Waals surface area (Å²) in [7, 11) is 2.10. The van der Waals surface area contributed by atoms with Crippen LogP contribution in [0, 0.1) is 12.8 Å². The molecule has 4 N–H and O–H groups in total. The van der Waals surface area contributed by atoms with E-state index in [-0.39, 0.29) is 11.7 Å². The van der Waals surface area contributed by atoms with Crippen molar-refractivity contribution in [2.45, 2.75) is 19.8 Å². The van der Waals surface area contributed by atoms with Crippen LogP contribution >= 0.6 is 0 Å². The molecule has 1 fully saturated rings. The minimum Gasteiger partial charge on any atom is -0.477 e. The molecule has 1 aromatic heterocycles. The van der Waals surface area contributed by atoms with Gasteiger partial charge in [0.05, 0.1) is 5.69 Å². The number of aromatic amines is 1. The van der Waals surface area contributed by atoms with Crippen molar-refractivity contribution < 1.29 is 14.7 Å². The fourth-order valence-corrected chi connectivity index (χ4v) is 2.53. The number of carboxylic acid groups (broad SMARTS) is 1. The molecule has 2 rings (SSSR count). The first-order valence-corrected chi connectivity index (χ1v) is 7.12. The number of H-pyrrole nitrogens is 1. The van der Waals surface area contributed by atoms with Gasteiger partial charge in [-0.25, -0.2) is 9.59 Å². The second-order valence-corrected chi connectivity index (χ2v) is 5.63. The largest absolute Gasteiger partial charge is 0.477 e. The van der Waals surface area contributed by atoms with Crippen LogP contribution in [-0.4, -0.2) is 53.7 Å². The zero-order valence-corrected chi connectivity index (χ0v) is 12.4. The smallest absolute Gasteiger partial charge is 0.354 e. The average molecular weight is 294 g/mol. The second-order valence-electron chi connectivity index (χ2n) is 5.63. The maximum Gasteiger partial charge on any atom is 0.354 e. The van der Waals surface area contributed by atoms with Gasteiger partial charge in [0.2, 0.25) is 0 Å². The molecule has 2 heterocycles. The van der Waals surface area contributed by atoms with Crippen LogP contribution < -0.4 is 10.6 Å². The Morgan fingerprint density at radius 2 is 2.10 bits per heavy atom. The molecule has 1 aliphatic heterocycles. The predicted octanol–water partition coefficient (Wildman–Crippen LogP) is 1.48. The molecule has 0 aliphatic carbocycles. The van der Waals surface area contributed by atoms with Gasteiger partial charge in [0.1, 0.15) is 5.69 Å². The van der Waals surface area contributed by atoms with Gasteiger partial charge in [0.25, 0.3) is 0 Å². The Morgan fingerprint density at radius 3 is 2.71 bits per heavy atom. The molecule has 0 bridgehead atoms. The summed E-state index contributed by atoms with van der Waals surface area (Å²) in [5, 5.41) is 14.4. The van der Waals surface area contributed by atoms with E-state index in [1.807, 2.05) is 0 Å². The average Bonchev–Trinajstić information content (AvgIpc) is 2.79. The highest BCUT2D eigenvalue weighted by Crippen LogP contribution is 2.17. The zero-order chi connectivity index (χ0) is 15.4. The highest BCUT2D eigenvalue weighted by Gasteiger charge is 2.18. The number of piperidine rings is 1. The number of aromatic nitrogens is 1. The number of rotatable bonds is 4. The van der Waals surface area contributed by atoms with Crippen molar-refractivity contribution in [1.82, 2.24) is 15.2 Å². The standard InChI is InChI=1S/C14H22N4O3/c1-9-7-11(12(16-9)13(19)20)17-14(21)15-8-10-3-5-18(2)6-4-10/h7,10,16H,3-6,8H2,1-2H3,(H,19,20)(H2,15,17,21). The Morgan fingerprint density at radius 1 is 1.43 bits per heavy atom. The molecule has 0 radical (unpaired) electrons. The van der Waals surface area contributed by atoms with Gasteiger partial charge in [-0.2, -0.15) is 0 Å². The fraction of sp³-hybridized carbons (Fsp3) is 0.571. The summed E-state index contributed by atoms with van der Waals surface area (Å²) >= 11 is 0. The van der Waals surface area contributed by atoms with Crippen LogP contribution in [0.25, 0.3) is 0 Å². The van der Waals surface area contributed by atoms with Gasteiger partial charge < -0.3 is 25.6 Å². The SMILES string of the molecule is Cc1cc(NC(=O)NCC2CCN(C)CC2)c(C(=O)O)[nH]1. The molecule has 2 amide bonds. The normalized spacial score (nSPS) is 16.7. The summed E-state index contributed by atoms with van der Waals surface area (Å²) in [6.45, 7) is 4.46. The Hall–Kier alpha value is -2.02. The Labute approximate surface area is 123 Å². The third kappa shape index (κ3) is 4.22. The third-order valence-electron chi connectivity index (χ3n) is 3.80. The van der Waals surface area contributed by atoms with E-state index in [1.165, 1.54) is 0 Å². The monoisotopic (exact) mass is 294 g/mol. The number of nitrogens with one attached hydrogen (secondary N) is 3. The maximum absolute atomic E-state index is 11.9. The number of amides is 2. The molecule has 0 atom stereocenters. The van der Waals surface area contributed by atoms with E-state index in [2.05, 4.69) is 27.6 Å². The van der Waals surface area contributed by atoms with Gasteiger partial charge in [0, 0.05) is 12.2 Å². The number of nitrogens with zero attached hydrogens (tertiary/aromatic N) is 1. The van der Waals surface area contributed by atoms with Crippen molar-refractivity contribution in [2.75, 3.05) is 32.0 Å². The van der Waals surface area contributed by atoms with Gasteiger partial charge in [0.15, 0.2) is 0 Å². The topological polar surface area (TPSA) is 97.5 Å². The summed E-state index contributed by atoms with van der Waals surface area (Å²) in [6.07, 6.45) is 2.14. The van der Waals surface area contributed by atoms with Gasteiger partial charge in [-0.3, -0.25) is 0 Å². The van der Waals surface area contributed by atoms with Crippen molar-refractivity contribution in [2.24, 2.45) is 5.92 Å². The van der Waals surface area contributed by atoms with E-state index in [0.29, 0.717) is 23.8 Å². The van der Waals surface area contributed by atoms with Crippen LogP contribution in [0.2, 0.25) is 0 Å². The number of hydrogen-bond donors (Lipinski definition) is 4. The number of aromatic carboxylic acids is 1. The van der Waals surface area contributed by atoms with E-state index in [0.717, 1.165) is 25.9 Å². The zero-order valence-electron chi connectivity index (χ0n) is 12.4. The van der Waals surface area contributed by atoms with Gasteiger partial charge in [-0.05, 0) is 51.9 Å². The highest BCUT2D eigenvalue weighted by molar-refractivity contribution is 5.99. The minimum absolute atomic E-state index is 0.00180. The summed E-state index contributed by atoms with van der Waals surface area (Å²) in [5.41, 5.74) is 0.987. The first kappa shape index (κ1) is 15.4. The Balaban J connectivity index is 1.83. The molecule has 116 valence electrons. The number of anilines is 1. The third-order valence-corrected chi connectivity index (χ3v) is 3.80. The van der Waals surface area contributed by atoms with E-state index < -0.39 is 5.97 Å². The van der Waals surface area contributed by atoms with E-state index in [9.17, 15) is 9.59 Å². The second kappa shape index (κ2) is 6.62. The van der Waals surface area contributed by atoms with E-state index in [4.69, 9.17) is 5.11 Å². The van der Waals surface area contributed by atoms with Crippen molar-refractivity contribution in [1.29, 1.82) is 0 Å². The fourth-order valence-electron chi connectivity index (χ4n) is 2.53. The minimum atomic E-state index is -1.09. The Bertz CT molecular complexity index is 518. The van der Waals surface area contributed by atoms with Crippen molar-refractivity contribution in [3.05, 3.63) is 17.5 Å². The molecule has 21 heavy (non-hydrogen) atoms. The van der Waals surface area contributed by atoms with Crippen LogP contribution in [0.3, 0.4) is 0 Å². The van der Waals surface area contributed by atoms with E-state index in [1.54, 1.807) is 13.0 Å². The molecule has 1 aliphatic rings. The van der Waals surface area contributed by atoms with Crippen LogP contribution in [-0.2, 0) is 0 Å². The number of carboxylic acids is 1. The highest BCUT2D eigenvalue weighted by atomic mass is 16.4. The summed E-state index contributed by atoms with van der Waals surface area (Å²) < 4.78 is 0. The quantitative estimate of drug-likeness (QED) is 0.676. The molecule has 1 aromatic rings. The first-order valence-electron chi connectivity index (χ1n) is 7.12. The predicted molar refractivity (Wildman–Crippen MR) is 79.7 cm³/mol. The lowest BCUT2D eigenvalue weighted by Gasteiger charge is -2.28. The molecular formula is C14H22N4O3. The maximum atomic E-state index is 11.9. The summed E-state index contributed by atoms with van der Waals surface area (Å²) in [6, 6.07) is 1.24. The molecule has 0 spiro atoms. The van der Waals surface area contributed by atoms with Gasteiger partial charge in [-0.1, -0.05) is 0 Å². The van der Waals surface area contributed by atoms with Crippen molar-refractivity contribution in [3.8, 4) is 0 Å². The molecule has 7 nitrogen and oxygen atoms in total. The number of aryl methyl sites for hydroxylation is 1. The first-order chi connectivity index (χ1) is 9.95. The van der Waals surface area contributed by atoms with Crippen LogP contribution in [0.15, 0.2) is 6.07 Å². The van der Waals surface area contributed by atoms with Crippen LogP contribution in [0.4, 0.5) is 10.5 Å². The van der Waals surface area contributed by atoms with Crippen LogP contribution in [0.1, 0.15) is 29.0 Å². The van der Waals surface area contributed by atoms with Crippen LogP contribution in [0.5, 0.6) is 0 Å². The van der Waals surface area contributed by atoms with Crippen molar-refractivity contribution in [3.63, 3.8) is 0 Å². The number of urea groups is 1. The lowest BCUT2D eigenvalue weighted by atomic mass is 9.97. The molecule has 0 saturated carbocycles. The molecule has 1 saturated heterocycles. The number of hydrogen-bond acceptors (Lipinski definition) is 3. The summed E-state index contributed by atoms with van der Waals surface area (Å²) in [5.74, 6) is -0.604. The molecular weight excluding hydrogens is 272 g/mol. The Kier molecular flexibility index (Phi) is 4.85. The number of carbonyl (C=O) groups excluding carboxylic acids is 1. The number of carbonyl (C=O) groups is 2. The van der Waals surface area contributed by atoms with Crippen molar-refractivity contribution >= 4 is 17.7 Å². The lowest BCUT2D eigenvalue weighted by Crippen LogP contribution is -2.38. The molecule has 0 unspecified atom stereocenters. The molecule has 7 heteroatoms. The molecule has 0 aromatic carbocycles. The van der Waals surface area contributed by atoms with Gasteiger partial charge >= 0.3 is 12.0 Å². The summed E-state index contributed by atoms with van der Waals surface area (Å²) in [4.78, 5) is 27.9. The lowest BCUT2D eigenvalue weighted by molar-refractivity contribution is 0.0692.